The average Bonchev–Trinajstić information content (AvgIpc) is 2.82. The van der Waals surface area contributed by atoms with Crippen molar-refractivity contribution in [2.24, 2.45) is 0 Å². The lowest BCUT2D eigenvalue weighted by Gasteiger charge is -2.08. The number of halogens is 2. The fraction of sp³-hybridized carbons (Fsp3) is 0.133. The summed E-state index contributed by atoms with van der Waals surface area (Å²) in [5, 5.41) is 5.03. The van der Waals surface area contributed by atoms with Gasteiger partial charge < -0.3 is 5.32 Å². The van der Waals surface area contributed by atoms with Crippen LogP contribution in [0.5, 0.6) is 0 Å². The molecule has 0 saturated heterocycles. The highest BCUT2D eigenvalue weighted by Crippen LogP contribution is 2.32. The van der Waals surface area contributed by atoms with E-state index in [2.05, 4.69) is 45.3 Å². The van der Waals surface area contributed by atoms with Gasteiger partial charge in [-0.05, 0) is 48.4 Å². The van der Waals surface area contributed by atoms with Gasteiger partial charge in [-0.2, -0.15) is 0 Å². The van der Waals surface area contributed by atoms with Gasteiger partial charge in [0.15, 0.2) is 5.13 Å². The lowest BCUT2D eigenvalue weighted by atomic mass is 10.1. The van der Waals surface area contributed by atoms with Crippen molar-refractivity contribution in [3.05, 3.63) is 51.5 Å². The van der Waals surface area contributed by atoms with Gasteiger partial charge in [-0.15, -0.1) is 0 Å². The minimum absolute atomic E-state index is 0.741. The van der Waals surface area contributed by atoms with Gasteiger partial charge >= 0.3 is 0 Å². The number of nitrogens with zero attached hydrogens (tertiary/aromatic N) is 1. The molecule has 0 radical (unpaired) electrons. The zero-order valence-corrected chi connectivity index (χ0v) is 13.9. The van der Waals surface area contributed by atoms with E-state index >= 15 is 0 Å². The number of nitrogens with one attached hydrogen (secondary N) is 1. The van der Waals surface area contributed by atoms with Crippen molar-refractivity contribution in [2.45, 2.75) is 13.3 Å². The summed E-state index contributed by atoms with van der Waals surface area (Å²) in [4.78, 5) is 4.58. The molecular formula is C15H12BrClN2S. The molecule has 3 rings (SSSR count). The molecular weight excluding hydrogens is 356 g/mol. The number of thiazole rings is 1. The van der Waals surface area contributed by atoms with Crippen molar-refractivity contribution in [1.29, 1.82) is 0 Å². The first-order valence-corrected chi connectivity index (χ1v) is 8.26. The lowest BCUT2D eigenvalue weighted by molar-refractivity contribution is 1.14. The Morgan fingerprint density at radius 3 is 2.90 bits per heavy atom. The number of rotatable bonds is 3. The molecule has 1 N–H and O–H groups in total. The number of benzene rings is 2. The summed E-state index contributed by atoms with van der Waals surface area (Å²) < 4.78 is 2.19. The third-order valence-electron chi connectivity index (χ3n) is 3.04. The fourth-order valence-corrected chi connectivity index (χ4v) is 3.61. The minimum atomic E-state index is 0.741. The molecule has 2 aromatic carbocycles. The summed E-state index contributed by atoms with van der Waals surface area (Å²) in [7, 11) is 0. The predicted octanol–water partition coefficient (Wildman–Crippen LogP) is 6.02. The SMILES string of the molecule is CCc1cc(Br)ccc1Nc1nc2ccc(Cl)cc2s1. The van der Waals surface area contributed by atoms with Gasteiger partial charge in [-0.25, -0.2) is 4.98 Å². The van der Waals surface area contributed by atoms with Gasteiger partial charge in [-0.1, -0.05) is 45.8 Å². The number of anilines is 2. The van der Waals surface area contributed by atoms with Crippen LogP contribution in [0, 0.1) is 0 Å². The van der Waals surface area contributed by atoms with Crippen LogP contribution in [0.25, 0.3) is 10.2 Å². The molecule has 102 valence electrons. The molecule has 1 heterocycles. The zero-order chi connectivity index (χ0) is 14.1. The van der Waals surface area contributed by atoms with Gasteiger partial charge in [0, 0.05) is 15.2 Å². The average molecular weight is 368 g/mol. The zero-order valence-electron chi connectivity index (χ0n) is 10.8. The monoisotopic (exact) mass is 366 g/mol. The fourth-order valence-electron chi connectivity index (χ4n) is 2.04. The molecule has 0 amide bonds. The Bertz CT molecular complexity index is 770. The molecule has 0 aliphatic carbocycles. The van der Waals surface area contributed by atoms with Crippen LogP contribution in [0.2, 0.25) is 5.02 Å². The highest BCUT2D eigenvalue weighted by atomic mass is 79.9. The van der Waals surface area contributed by atoms with Crippen LogP contribution in [-0.4, -0.2) is 4.98 Å². The predicted molar refractivity (Wildman–Crippen MR) is 91.4 cm³/mol. The smallest absolute Gasteiger partial charge is 0.188 e. The van der Waals surface area contributed by atoms with E-state index in [4.69, 9.17) is 11.6 Å². The highest BCUT2D eigenvalue weighted by Gasteiger charge is 2.07. The molecule has 5 heteroatoms. The van der Waals surface area contributed by atoms with Crippen LogP contribution in [-0.2, 0) is 6.42 Å². The van der Waals surface area contributed by atoms with Crippen molar-refractivity contribution < 1.29 is 0 Å². The number of aryl methyl sites for hydroxylation is 1. The van der Waals surface area contributed by atoms with Crippen LogP contribution in [0.1, 0.15) is 12.5 Å². The maximum Gasteiger partial charge on any atom is 0.188 e. The van der Waals surface area contributed by atoms with E-state index in [-0.39, 0.29) is 0 Å². The van der Waals surface area contributed by atoms with Crippen LogP contribution >= 0.6 is 38.9 Å². The topological polar surface area (TPSA) is 24.9 Å². The molecule has 2 nitrogen and oxygen atoms in total. The molecule has 0 fully saturated rings. The maximum atomic E-state index is 6.01. The van der Waals surface area contributed by atoms with Crippen molar-refractivity contribution >= 4 is 59.9 Å². The molecule has 3 aromatic rings. The van der Waals surface area contributed by atoms with Crippen molar-refractivity contribution in [3.8, 4) is 0 Å². The molecule has 0 atom stereocenters. The Labute approximate surface area is 134 Å². The van der Waals surface area contributed by atoms with Crippen LogP contribution in [0.15, 0.2) is 40.9 Å². The number of fused-ring (bicyclic) bond motifs is 1. The first-order valence-electron chi connectivity index (χ1n) is 6.27. The summed E-state index contributed by atoms with van der Waals surface area (Å²) in [6.07, 6.45) is 0.971. The summed E-state index contributed by atoms with van der Waals surface area (Å²) in [6.45, 7) is 2.14. The van der Waals surface area contributed by atoms with Gasteiger partial charge in [0.2, 0.25) is 0 Å². The number of hydrogen-bond acceptors (Lipinski definition) is 3. The highest BCUT2D eigenvalue weighted by molar-refractivity contribution is 9.10. The normalized spacial score (nSPS) is 10.9. The molecule has 0 spiro atoms. The Morgan fingerprint density at radius 2 is 2.10 bits per heavy atom. The van der Waals surface area contributed by atoms with Crippen molar-refractivity contribution in [2.75, 3.05) is 5.32 Å². The lowest BCUT2D eigenvalue weighted by Crippen LogP contribution is -1.94. The number of aromatic nitrogens is 1. The van der Waals surface area contributed by atoms with Gasteiger partial charge in [-0.3, -0.25) is 0 Å². The first-order chi connectivity index (χ1) is 9.65. The van der Waals surface area contributed by atoms with Crippen LogP contribution < -0.4 is 5.32 Å². The summed E-state index contributed by atoms with van der Waals surface area (Å²) >= 11 is 11.1. The maximum absolute atomic E-state index is 6.01. The molecule has 0 saturated carbocycles. The quantitative estimate of drug-likeness (QED) is 0.612. The van der Waals surface area contributed by atoms with E-state index in [9.17, 15) is 0 Å². The standard InChI is InChI=1S/C15H12BrClN2S/c1-2-9-7-10(16)3-5-12(9)18-15-19-13-6-4-11(17)8-14(13)20-15/h3-8H,2H2,1H3,(H,18,19). The number of hydrogen-bond donors (Lipinski definition) is 1. The Morgan fingerprint density at radius 1 is 1.25 bits per heavy atom. The Hall–Kier alpha value is -1.10. The van der Waals surface area contributed by atoms with Gasteiger partial charge in [0.25, 0.3) is 0 Å². The summed E-state index contributed by atoms with van der Waals surface area (Å²) in [5.74, 6) is 0. The van der Waals surface area contributed by atoms with Crippen molar-refractivity contribution in [1.82, 2.24) is 4.98 Å². The summed E-state index contributed by atoms with van der Waals surface area (Å²) in [6, 6.07) is 12.0. The first kappa shape index (κ1) is 13.9. The molecule has 0 unspecified atom stereocenters. The molecule has 20 heavy (non-hydrogen) atoms. The Balaban J connectivity index is 1.96. The third kappa shape index (κ3) is 2.82. The second-order valence-corrected chi connectivity index (χ2v) is 6.79. The van der Waals surface area contributed by atoms with E-state index in [1.807, 2.05) is 24.3 Å². The van der Waals surface area contributed by atoms with Gasteiger partial charge in [0.1, 0.15) is 0 Å². The van der Waals surface area contributed by atoms with E-state index in [1.54, 1.807) is 11.3 Å². The van der Waals surface area contributed by atoms with E-state index in [1.165, 1.54) is 5.56 Å². The van der Waals surface area contributed by atoms with E-state index in [0.29, 0.717) is 0 Å². The second-order valence-electron chi connectivity index (χ2n) is 4.41. The second kappa shape index (κ2) is 5.72. The minimum Gasteiger partial charge on any atom is -0.331 e. The third-order valence-corrected chi connectivity index (χ3v) is 4.70. The van der Waals surface area contributed by atoms with E-state index < -0.39 is 0 Å². The molecule has 0 aliphatic rings. The van der Waals surface area contributed by atoms with Crippen LogP contribution in [0.3, 0.4) is 0 Å². The molecule has 0 aliphatic heterocycles. The van der Waals surface area contributed by atoms with Crippen molar-refractivity contribution in [3.63, 3.8) is 0 Å². The van der Waals surface area contributed by atoms with E-state index in [0.717, 1.165) is 37.0 Å². The largest absolute Gasteiger partial charge is 0.331 e. The molecule has 1 aromatic heterocycles. The molecule has 0 bridgehead atoms. The van der Waals surface area contributed by atoms with Gasteiger partial charge in [0.05, 0.1) is 10.2 Å². The Kier molecular flexibility index (Phi) is 3.96. The summed E-state index contributed by atoms with van der Waals surface area (Å²) in [5.41, 5.74) is 3.33. The van der Waals surface area contributed by atoms with Crippen LogP contribution in [0.4, 0.5) is 10.8 Å².